The van der Waals surface area contributed by atoms with Gasteiger partial charge in [0.25, 0.3) is 10.0 Å². The van der Waals surface area contributed by atoms with Gasteiger partial charge in [0.1, 0.15) is 0 Å². The molecule has 6 heteroatoms. The predicted molar refractivity (Wildman–Crippen MR) is 66.0 cm³/mol. The van der Waals surface area contributed by atoms with E-state index in [0.29, 0.717) is 6.54 Å². The number of hydrogen-bond acceptors (Lipinski definition) is 3. The van der Waals surface area contributed by atoms with Crippen molar-refractivity contribution in [1.29, 1.82) is 0 Å². The van der Waals surface area contributed by atoms with Crippen LogP contribution in [0.15, 0.2) is 23.4 Å². The van der Waals surface area contributed by atoms with Crippen LogP contribution >= 0.6 is 0 Å². The number of nitrogens with zero attached hydrogens (tertiary/aromatic N) is 1. The summed E-state index contributed by atoms with van der Waals surface area (Å²) in [7, 11) is -3.85. The van der Waals surface area contributed by atoms with E-state index < -0.39 is 20.9 Å². The highest BCUT2D eigenvalue weighted by molar-refractivity contribution is 7.89. The standard InChI is InChI=1S/C12H17FN2O2S/c1-12(6-2-3-7-12)9-15-18(16,17)11-10(13)5-4-8-14-11/h4-5,8,15H,2-3,6-7,9H2,1H3. The summed E-state index contributed by atoms with van der Waals surface area (Å²) in [5.41, 5.74) is -0.0155. The van der Waals surface area contributed by atoms with Gasteiger partial charge in [-0.15, -0.1) is 0 Å². The molecule has 1 fully saturated rings. The molecular formula is C12H17FN2O2S. The highest BCUT2D eigenvalue weighted by Gasteiger charge is 2.31. The van der Waals surface area contributed by atoms with E-state index in [4.69, 9.17) is 0 Å². The molecule has 1 aromatic heterocycles. The molecule has 0 unspecified atom stereocenters. The Kier molecular flexibility index (Phi) is 3.68. The van der Waals surface area contributed by atoms with E-state index in [0.717, 1.165) is 31.7 Å². The summed E-state index contributed by atoms with van der Waals surface area (Å²) in [6, 6.07) is 2.46. The maximum Gasteiger partial charge on any atom is 0.261 e. The van der Waals surface area contributed by atoms with Crippen LogP contribution in [0.5, 0.6) is 0 Å². The van der Waals surface area contributed by atoms with Crippen molar-refractivity contribution in [3.05, 3.63) is 24.1 Å². The number of rotatable bonds is 4. The first kappa shape index (κ1) is 13.4. The fraction of sp³-hybridized carbons (Fsp3) is 0.583. The van der Waals surface area contributed by atoms with Gasteiger partial charge in [-0.1, -0.05) is 19.8 Å². The number of nitrogens with one attached hydrogen (secondary N) is 1. The molecule has 0 spiro atoms. The van der Waals surface area contributed by atoms with Crippen molar-refractivity contribution in [2.45, 2.75) is 37.6 Å². The van der Waals surface area contributed by atoms with E-state index in [-0.39, 0.29) is 5.41 Å². The zero-order valence-corrected chi connectivity index (χ0v) is 11.1. The van der Waals surface area contributed by atoms with E-state index in [1.165, 1.54) is 12.3 Å². The average molecular weight is 272 g/mol. The van der Waals surface area contributed by atoms with Gasteiger partial charge < -0.3 is 0 Å². The summed E-state index contributed by atoms with van der Waals surface area (Å²) in [5, 5.41) is -0.522. The fourth-order valence-corrected chi connectivity index (χ4v) is 3.51. The highest BCUT2D eigenvalue weighted by Crippen LogP contribution is 2.36. The summed E-state index contributed by atoms with van der Waals surface area (Å²) in [4.78, 5) is 3.59. The van der Waals surface area contributed by atoms with Crippen LogP contribution in [0.25, 0.3) is 0 Å². The number of sulfonamides is 1. The van der Waals surface area contributed by atoms with Crippen LogP contribution in [0.4, 0.5) is 4.39 Å². The Hall–Kier alpha value is -1.01. The van der Waals surface area contributed by atoms with Gasteiger partial charge in [-0.05, 0) is 30.4 Å². The Labute approximate surface area is 107 Å². The SMILES string of the molecule is CC1(CNS(=O)(=O)c2ncccc2F)CCCC1. The Bertz CT molecular complexity index is 525. The van der Waals surface area contributed by atoms with Crippen LogP contribution in [0.3, 0.4) is 0 Å². The highest BCUT2D eigenvalue weighted by atomic mass is 32.2. The molecule has 0 amide bonds. The molecule has 0 aromatic carbocycles. The normalized spacial score (nSPS) is 19.0. The van der Waals surface area contributed by atoms with Gasteiger partial charge in [0.2, 0.25) is 5.03 Å². The van der Waals surface area contributed by atoms with Crippen LogP contribution in [0, 0.1) is 11.2 Å². The second kappa shape index (κ2) is 4.93. The lowest BCUT2D eigenvalue weighted by molar-refractivity contribution is 0.335. The van der Waals surface area contributed by atoms with E-state index in [1.54, 1.807) is 0 Å². The molecule has 100 valence electrons. The second-order valence-electron chi connectivity index (χ2n) is 5.13. The van der Waals surface area contributed by atoms with Crippen molar-refractivity contribution in [3.8, 4) is 0 Å². The zero-order valence-electron chi connectivity index (χ0n) is 10.3. The topological polar surface area (TPSA) is 59.1 Å². The average Bonchev–Trinajstić information content (AvgIpc) is 2.75. The Morgan fingerprint density at radius 2 is 2.11 bits per heavy atom. The van der Waals surface area contributed by atoms with Gasteiger partial charge in [-0.3, -0.25) is 0 Å². The first-order chi connectivity index (χ1) is 8.43. The molecule has 18 heavy (non-hydrogen) atoms. The molecule has 0 aliphatic heterocycles. The van der Waals surface area contributed by atoms with Gasteiger partial charge in [0, 0.05) is 12.7 Å². The third-order valence-electron chi connectivity index (χ3n) is 3.48. The van der Waals surface area contributed by atoms with Crippen LogP contribution < -0.4 is 4.72 Å². The monoisotopic (exact) mass is 272 g/mol. The van der Waals surface area contributed by atoms with Crippen molar-refractivity contribution >= 4 is 10.0 Å². The Morgan fingerprint density at radius 1 is 1.44 bits per heavy atom. The summed E-state index contributed by atoms with van der Waals surface area (Å²) in [6.07, 6.45) is 5.52. The van der Waals surface area contributed by atoms with Crippen LogP contribution in [0.1, 0.15) is 32.6 Å². The smallest absolute Gasteiger partial charge is 0.241 e. The molecule has 0 atom stereocenters. The molecular weight excluding hydrogens is 255 g/mol. The van der Waals surface area contributed by atoms with Crippen molar-refractivity contribution in [1.82, 2.24) is 9.71 Å². The van der Waals surface area contributed by atoms with Gasteiger partial charge in [-0.2, -0.15) is 0 Å². The first-order valence-electron chi connectivity index (χ1n) is 6.03. The molecule has 1 heterocycles. The Balaban J connectivity index is 2.11. The largest absolute Gasteiger partial charge is 0.261 e. The minimum absolute atomic E-state index is 0.0155. The van der Waals surface area contributed by atoms with Gasteiger partial charge in [0.05, 0.1) is 0 Å². The number of hydrogen-bond donors (Lipinski definition) is 1. The second-order valence-corrected chi connectivity index (χ2v) is 6.81. The third-order valence-corrected chi connectivity index (χ3v) is 4.81. The lowest BCUT2D eigenvalue weighted by Crippen LogP contribution is -2.34. The summed E-state index contributed by atoms with van der Waals surface area (Å²) >= 11 is 0. The van der Waals surface area contributed by atoms with E-state index in [2.05, 4.69) is 16.6 Å². The van der Waals surface area contributed by atoms with Crippen molar-refractivity contribution in [2.75, 3.05) is 6.54 Å². The summed E-state index contributed by atoms with van der Waals surface area (Å²) in [5.74, 6) is -0.818. The molecule has 1 saturated carbocycles. The van der Waals surface area contributed by atoms with E-state index in [1.807, 2.05) is 0 Å². The zero-order chi connectivity index (χ0) is 13.2. The Morgan fingerprint density at radius 3 is 2.72 bits per heavy atom. The van der Waals surface area contributed by atoms with Crippen molar-refractivity contribution in [2.24, 2.45) is 5.41 Å². The lowest BCUT2D eigenvalue weighted by atomic mass is 9.89. The fourth-order valence-electron chi connectivity index (χ4n) is 2.31. The predicted octanol–water partition coefficient (Wildman–Crippen LogP) is 2.08. The van der Waals surface area contributed by atoms with E-state index >= 15 is 0 Å². The molecule has 1 aromatic rings. The third kappa shape index (κ3) is 2.87. The van der Waals surface area contributed by atoms with Crippen LogP contribution in [-0.2, 0) is 10.0 Å². The minimum Gasteiger partial charge on any atom is -0.241 e. The number of pyridine rings is 1. The van der Waals surface area contributed by atoms with Gasteiger partial charge in [0.15, 0.2) is 5.82 Å². The summed E-state index contributed by atoms with van der Waals surface area (Å²) < 4.78 is 39.7. The van der Waals surface area contributed by atoms with Crippen molar-refractivity contribution < 1.29 is 12.8 Å². The number of aromatic nitrogens is 1. The summed E-state index contributed by atoms with van der Waals surface area (Å²) in [6.45, 7) is 2.39. The van der Waals surface area contributed by atoms with Gasteiger partial charge in [-0.25, -0.2) is 22.5 Å². The molecule has 1 aliphatic carbocycles. The molecule has 0 saturated heterocycles. The maximum atomic E-state index is 13.4. The number of halogens is 1. The molecule has 1 aliphatic rings. The quantitative estimate of drug-likeness (QED) is 0.913. The molecule has 1 N–H and O–H groups in total. The lowest BCUT2D eigenvalue weighted by Gasteiger charge is -2.23. The first-order valence-corrected chi connectivity index (χ1v) is 7.52. The minimum atomic E-state index is -3.85. The molecule has 0 bridgehead atoms. The van der Waals surface area contributed by atoms with Crippen molar-refractivity contribution in [3.63, 3.8) is 0 Å². The van der Waals surface area contributed by atoms with Crippen LogP contribution in [0.2, 0.25) is 0 Å². The van der Waals surface area contributed by atoms with E-state index in [9.17, 15) is 12.8 Å². The van der Waals surface area contributed by atoms with Crippen LogP contribution in [-0.4, -0.2) is 19.9 Å². The molecule has 2 rings (SSSR count). The molecule has 0 radical (unpaired) electrons. The van der Waals surface area contributed by atoms with Gasteiger partial charge >= 0.3 is 0 Å². The maximum absolute atomic E-state index is 13.4. The molecule has 4 nitrogen and oxygen atoms in total.